The van der Waals surface area contributed by atoms with Gasteiger partial charge in [0, 0.05) is 44.0 Å². The number of nitrogens with one attached hydrogen (secondary N) is 2. The molecule has 0 aliphatic heterocycles. The minimum atomic E-state index is -1.22. The molecule has 2 aromatic carbocycles. The molecular weight excluding hydrogens is 751 g/mol. The molecule has 0 aliphatic carbocycles. The number of allylic oxidation sites excluding steroid dienone is 2. The molecule has 5 aromatic rings. The lowest BCUT2D eigenvalue weighted by Crippen LogP contribution is -2.39. The standard InChI is InChI=1S/C38H45N13O7/c1-6-51-28(15-22(2)46-51)36(54)44-21-48(32-26(42-3)16-23(34(40)52)18-29(32)57-5)11-7-8-13-50-33-27(45-38(50)43-4)17-24(35(41)53)19-30(33)58-14-10-9-12-49-20-25(39)31(47-49)37(55)56/h7-10,15-20H,3,6,11-14,21,39H2,1-2,4-5H3,(H2,40,52)(H2,41,53)(H,43,45)(H,44,54)(H,55,56)/b8-7+,10-9+. The first kappa shape index (κ1) is 41.5. The number of fused-ring (bicyclic) bond motifs is 1. The van der Waals surface area contributed by atoms with Crippen LogP contribution in [-0.2, 0) is 19.6 Å². The molecule has 20 nitrogen and oxygen atoms in total. The maximum Gasteiger partial charge on any atom is 0.358 e. The topological polar surface area (TPSA) is 278 Å². The minimum absolute atomic E-state index is 0.00239. The van der Waals surface area contributed by atoms with Gasteiger partial charge in [-0.3, -0.25) is 28.7 Å². The summed E-state index contributed by atoms with van der Waals surface area (Å²) in [5, 5.41) is 23.6. The van der Waals surface area contributed by atoms with Gasteiger partial charge in [0.1, 0.15) is 35.0 Å². The van der Waals surface area contributed by atoms with E-state index in [0.717, 1.165) is 0 Å². The van der Waals surface area contributed by atoms with Crippen molar-refractivity contribution in [1.82, 2.24) is 34.4 Å². The Kier molecular flexibility index (Phi) is 13.1. The maximum absolute atomic E-state index is 13.4. The summed E-state index contributed by atoms with van der Waals surface area (Å²) in [6, 6.07) is 7.81. The van der Waals surface area contributed by atoms with Crippen LogP contribution in [0.5, 0.6) is 11.5 Å². The minimum Gasteiger partial charge on any atom is -0.494 e. The number of aliphatic imine (C=N–C) groups is 1. The van der Waals surface area contributed by atoms with Crippen molar-refractivity contribution >= 4 is 64.5 Å². The molecule has 0 atom stereocenters. The van der Waals surface area contributed by atoms with Crippen molar-refractivity contribution < 1.29 is 33.8 Å². The van der Waals surface area contributed by atoms with Crippen molar-refractivity contribution in [3.8, 4) is 11.5 Å². The average molecular weight is 796 g/mol. The summed E-state index contributed by atoms with van der Waals surface area (Å²) in [6.45, 7) is 8.69. The van der Waals surface area contributed by atoms with Crippen molar-refractivity contribution in [2.24, 2.45) is 16.5 Å². The van der Waals surface area contributed by atoms with E-state index in [1.807, 2.05) is 23.6 Å². The van der Waals surface area contributed by atoms with Crippen molar-refractivity contribution in [1.29, 1.82) is 0 Å². The summed E-state index contributed by atoms with van der Waals surface area (Å²) in [5.41, 5.74) is 20.0. The van der Waals surface area contributed by atoms with Crippen LogP contribution < -0.4 is 42.2 Å². The molecule has 0 spiro atoms. The molecule has 0 unspecified atom stereocenters. The molecule has 0 saturated heterocycles. The van der Waals surface area contributed by atoms with Crippen LogP contribution in [-0.4, -0.2) is 98.6 Å². The number of rotatable bonds is 20. The molecule has 3 aromatic heterocycles. The highest BCUT2D eigenvalue weighted by Crippen LogP contribution is 2.39. The number of nitrogens with zero attached hydrogens (tertiary/aromatic N) is 8. The molecule has 3 heterocycles. The molecule has 0 saturated carbocycles. The third kappa shape index (κ3) is 9.24. The second kappa shape index (κ2) is 18.3. The molecule has 0 radical (unpaired) electrons. The maximum atomic E-state index is 13.4. The van der Waals surface area contributed by atoms with Gasteiger partial charge < -0.3 is 51.9 Å². The number of carbonyl (C=O) groups is 4. The van der Waals surface area contributed by atoms with Gasteiger partial charge in [-0.15, -0.1) is 0 Å². The van der Waals surface area contributed by atoms with Crippen molar-refractivity contribution in [3.05, 3.63) is 89.0 Å². The SMILES string of the molecule is C=Nc1cc(C(N)=O)cc(OC)c1N(C/C=C/Cn1c(NC)nc2cc(C(N)=O)cc(OC/C=C/Cn3cc(N)c(C(=O)O)n3)c21)CNC(=O)c1cc(C)nn1CC. The highest BCUT2D eigenvalue weighted by molar-refractivity contribution is 5.99. The molecule has 5 rings (SSSR count). The van der Waals surface area contributed by atoms with Gasteiger partial charge in [0.2, 0.25) is 17.8 Å². The van der Waals surface area contributed by atoms with Crippen LogP contribution in [0.1, 0.15) is 54.3 Å². The van der Waals surface area contributed by atoms with Gasteiger partial charge in [-0.05, 0) is 57.0 Å². The number of ether oxygens (including phenoxy) is 2. The lowest BCUT2D eigenvalue weighted by atomic mass is 10.1. The average Bonchev–Trinajstić information content (AvgIpc) is 3.90. The summed E-state index contributed by atoms with van der Waals surface area (Å²) < 4.78 is 16.7. The van der Waals surface area contributed by atoms with Gasteiger partial charge in [-0.25, -0.2) is 9.78 Å². The van der Waals surface area contributed by atoms with Crippen molar-refractivity contribution in [3.63, 3.8) is 0 Å². The second-order valence-corrected chi connectivity index (χ2v) is 12.7. The molecule has 9 N–H and O–H groups in total. The molecule has 304 valence electrons. The first-order chi connectivity index (χ1) is 27.8. The van der Waals surface area contributed by atoms with E-state index in [1.165, 1.54) is 36.2 Å². The monoisotopic (exact) mass is 795 g/mol. The first-order valence-corrected chi connectivity index (χ1v) is 17.9. The van der Waals surface area contributed by atoms with E-state index in [9.17, 15) is 24.3 Å². The number of hydrogen-bond acceptors (Lipinski definition) is 13. The number of amides is 3. The normalized spacial score (nSPS) is 11.3. The Morgan fingerprint density at radius 1 is 1.00 bits per heavy atom. The van der Waals surface area contributed by atoms with Gasteiger partial charge in [-0.2, -0.15) is 10.2 Å². The van der Waals surface area contributed by atoms with Crippen molar-refractivity contribution in [2.75, 3.05) is 49.9 Å². The lowest BCUT2D eigenvalue weighted by molar-refractivity contribution is 0.0689. The number of hydrogen-bond donors (Lipinski definition) is 6. The highest BCUT2D eigenvalue weighted by Gasteiger charge is 2.22. The Morgan fingerprint density at radius 2 is 1.71 bits per heavy atom. The van der Waals surface area contributed by atoms with Gasteiger partial charge in [0.05, 0.1) is 42.9 Å². The van der Waals surface area contributed by atoms with Crippen LogP contribution in [0.3, 0.4) is 0 Å². The molecule has 3 amide bonds. The number of aromatic carboxylic acids is 1. The highest BCUT2D eigenvalue weighted by atomic mass is 16.5. The zero-order valence-corrected chi connectivity index (χ0v) is 32.4. The van der Waals surface area contributed by atoms with E-state index in [-0.39, 0.29) is 67.1 Å². The Balaban J connectivity index is 1.42. The van der Waals surface area contributed by atoms with E-state index < -0.39 is 17.8 Å². The van der Waals surface area contributed by atoms with Gasteiger partial charge in [-0.1, -0.05) is 18.2 Å². The third-order valence-electron chi connectivity index (χ3n) is 8.79. The fourth-order valence-electron chi connectivity index (χ4n) is 6.11. The Hall–Kier alpha value is -7.64. The number of benzene rings is 2. The number of nitrogens with two attached hydrogens (primary N) is 3. The number of aromatic nitrogens is 6. The number of carboxylic acid groups (broad SMARTS) is 1. The Labute approximate surface area is 332 Å². The van der Waals surface area contributed by atoms with E-state index >= 15 is 0 Å². The summed E-state index contributed by atoms with van der Waals surface area (Å²) in [6.07, 6.45) is 8.60. The smallest absolute Gasteiger partial charge is 0.358 e. The predicted molar refractivity (Wildman–Crippen MR) is 218 cm³/mol. The van der Waals surface area contributed by atoms with E-state index in [1.54, 1.807) is 47.8 Å². The van der Waals surface area contributed by atoms with Crippen LogP contribution in [0.25, 0.3) is 11.0 Å². The zero-order valence-electron chi connectivity index (χ0n) is 32.4. The molecule has 0 aliphatic rings. The fourth-order valence-corrected chi connectivity index (χ4v) is 6.11. The second-order valence-electron chi connectivity index (χ2n) is 12.7. The molecule has 58 heavy (non-hydrogen) atoms. The zero-order chi connectivity index (χ0) is 42.1. The summed E-state index contributed by atoms with van der Waals surface area (Å²) in [4.78, 5) is 59.6. The number of carboxylic acids is 1. The number of imidazole rings is 1. The lowest BCUT2D eigenvalue weighted by Gasteiger charge is -2.27. The van der Waals surface area contributed by atoms with Crippen LogP contribution in [0.4, 0.5) is 23.0 Å². The summed E-state index contributed by atoms with van der Waals surface area (Å²) >= 11 is 0. The quantitative estimate of drug-likeness (QED) is 0.0376. The van der Waals surface area contributed by atoms with Gasteiger partial charge in [0.15, 0.2) is 5.69 Å². The molecule has 0 bridgehead atoms. The molecule has 20 heteroatoms. The summed E-state index contributed by atoms with van der Waals surface area (Å²) in [7, 11) is 3.15. The molecular formula is C38H45N13O7. The van der Waals surface area contributed by atoms with Crippen LogP contribution in [0, 0.1) is 6.92 Å². The van der Waals surface area contributed by atoms with Crippen molar-refractivity contribution in [2.45, 2.75) is 33.5 Å². The van der Waals surface area contributed by atoms with E-state index in [4.69, 9.17) is 26.7 Å². The number of primary amides is 2. The third-order valence-corrected chi connectivity index (χ3v) is 8.79. The van der Waals surface area contributed by atoms with Crippen LogP contribution in [0.15, 0.2) is 65.8 Å². The number of carbonyl (C=O) groups excluding carboxylic acids is 3. The van der Waals surface area contributed by atoms with Crippen LogP contribution in [0.2, 0.25) is 0 Å². The Morgan fingerprint density at radius 3 is 2.34 bits per heavy atom. The largest absolute Gasteiger partial charge is 0.494 e. The van der Waals surface area contributed by atoms with E-state index in [2.05, 4.69) is 37.5 Å². The fraction of sp³-hybridized carbons (Fsp3) is 0.263. The van der Waals surface area contributed by atoms with Crippen LogP contribution >= 0.6 is 0 Å². The molecule has 0 fully saturated rings. The van der Waals surface area contributed by atoms with Gasteiger partial charge in [0.25, 0.3) is 5.91 Å². The Bertz CT molecular complexity index is 2430. The number of anilines is 3. The number of methoxy groups -OCH3 is 1. The predicted octanol–water partition coefficient (Wildman–Crippen LogP) is 2.70. The first-order valence-electron chi connectivity index (χ1n) is 17.9. The van der Waals surface area contributed by atoms with E-state index in [0.29, 0.717) is 52.0 Å². The number of aryl methyl sites for hydroxylation is 2. The summed E-state index contributed by atoms with van der Waals surface area (Å²) in [5.74, 6) is -1.82. The van der Waals surface area contributed by atoms with Gasteiger partial charge >= 0.3 is 5.97 Å². The number of nitrogen functional groups attached to an aromatic ring is 1.